The molecular weight excluding hydrogens is 354 g/mol. The monoisotopic (exact) mass is 379 g/mol. The van der Waals surface area contributed by atoms with Crippen molar-refractivity contribution in [1.29, 1.82) is 0 Å². The van der Waals surface area contributed by atoms with E-state index in [0.29, 0.717) is 32.6 Å². The molecule has 1 aromatic carbocycles. The van der Waals surface area contributed by atoms with E-state index in [1.54, 1.807) is 18.6 Å². The van der Waals surface area contributed by atoms with Gasteiger partial charge in [0, 0.05) is 58.1 Å². The van der Waals surface area contributed by atoms with Gasteiger partial charge in [-0.15, -0.1) is 0 Å². The summed E-state index contributed by atoms with van der Waals surface area (Å²) in [6.45, 7) is 4.00. The summed E-state index contributed by atoms with van der Waals surface area (Å²) in [6.07, 6.45) is 6.24. The average Bonchev–Trinajstić information content (AvgIpc) is 3.14. The van der Waals surface area contributed by atoms with E-state index in [1.165, 1.54) is 5.56 Å². The van der Waals surface area contributed by atoms with Crippen LogP contribution in [0.15, 0.2) is 48.9 Å². The van der Waals surface area contributed by atoms with Crippen molar-refractivity contribution in [2.45, 2.75) is 12.8 Å². The average molecular weight is 379 g/mol. The third-order valence-corrected chi connectivity index (χ3v) is 5.54. The van der Waals surface area contributed by atoms with Gasteiger partial charge in [0.05, 0.1) is 12.1 Å². The molecule has 7 heteroatoms. The van der Waals surface area contributed by atoms with E-state index < -0.39 is 0 Å². The fraction of sp³-hybridized carbons (Fsp3) is 0.429. The zero-order valence-corrected chi connectivity index (χ0v) is 15.9. The first-order valence-electron chi connectivity index (χ1n) is 9.82. The number of carbonyl (C=O) groups is 2. The van der Waals surface area contributed by atoms with E-state index >= 15 is 0 Å². The predicted molar refractivity (Wildman–Crippen MR) is 106 cm³/mol. The van der Waals surface area contributed by atoms with Crippen molar-refractivity contribution in [3.05, 3.63) is 54.5 Å². The largest absolute Gasteiger partial charge is 0.352 e. The van der Waals surface area contributed by atoms with Gasteiger partial charge in [-0.05, 0) is 12.0 Å². The summed E-state index contributed by atoms with van der Waals surface area (Å²) in [4.78, 5) is 39.6. The maximum Gasteiger partial charge on any atom is 0.228 e. The van der Waals surface area contributed by atoms with Crippen molar-refractivity contribution >= 4 is 17.6 Å². The van der Waals surface area contributed by atoms with Crippen LogP contribution in [0.2, 0.25) is 0 Å². The van der Waals surface area contributed by atoms with E-state index in [2.05, 4.69) is 27.0 Å². The highest BCUT2D eigenvalue weighted by Crippen LogP contribution is 2.22. The first-order chi connectivity index (χ1) is 13.7. The van der Waals surface area contributed by atoms with Crippen LogP contribution in [0, 0.1) is 5.92 Å². The second-order valence-corrected chi connectivity index (χ2v) is 7.35. The van der Waals surface area contributed by atoms with Crippen molar-refractivity contribution in [3.63, 3.8) is 0 Å². The van der Waals surface area contributed by atoms with E-state index in [4.69, 9.17) is 0 Å². The number of benzene rings is 1. The lowest BCUT2D eigenvalue weighted by Gasteiger charge is -2.36. The second kappa shape index (κ2) is 8.37. The van der Waals surface area contributed by atoms with Crippen LogP contribution >= 0.6 is 0 Å². The number of hydrogen-bond donors (Lipinski definition) is 0. The predicted octanol–water partition coefficient (Wildman–Crippen LogP) is 1.22. The number of piperazine rings is 1. The highest BCUT2D eigenvalue weighted by Gasteiger charge is 2.37. The van der Waals surface area contributed by atoms with Crippen LogP contribution in [0.1, 0.15) is 12.0 Å². The Morgan fingerprint density at radius 2 is 1.86 bits per heavy atom. The lowest BCUT2D eigenvalue weighted by molar-refractivity contribution is -0.136. The quantitative estimate of drug-likeness (QED) is 0.781. The van der Waals surface area contributed by atoms with Crippen molar-refractivity contribution in [3.8, 4) is 0 Å². The smallest absolute Gasteiger partial charge is 0.228 e. The van der Waals surface area contributed by atoms with Crippen LogP contribution in [-0.4, -0.2) is 70.9 Å². The molecule has 7 nitrogen and oxygen atoms in total. The molecule has 2 aliphatic rings. The Morgan fingerprint density at radius 3 is 2.57 bits per heavy atom. The fourth-order valence-electron chi connectivity index (χ4n) is 3.93. The molecule has 1 atom stereocenters. The molecule has 0 aliphatic carbocycles. The number of anilines is 1. The Hall–Kier alpha value is -2.96. The highest BCUT2D eigenvalue weighted by molar-refractivity contribution is 5.89. The van der Waals surface area contributed by atoms with E-state index in [1.807, 2.05) is 28.0 Å². The van der Waals surface area contributed by atoms with E-state index in [9.17, 15) is 9.59 Å². The number of aromatic nitrogens is 2. The number of nitrogens with zero attached hydrogens (tertiary/aromatic N) is 5. The standard InChI is InChI=1S/C21H25N5O2/c27-20-14-18(16-26(20)9-6-17-4-2-1-3-5-17)21(28)25-12-10-24(11-13-25)19-15-22-7-8-23-19/h1-5,7-8,15,18H,6,9-14,16H2/t18-/m1/s1. The first-order valence-corrected chi connectivity index (χ1v) is 9.82. The van der Waals surface area contributed by atoms with E-state index in [-0.39, 0.29) is 17.7 Å². The minimum absolute atomic E-state index is 0.0903. The second-order valence-electron chi connectivity index (χ2n) is 7.35. The molecule has 0 unspecified atom stereocenters. The zero-order chi connectivity index (χ0) is 19.3. The third kappa shape index (κ3) is 4.13. The summed E-state index contributed by atoms with van der Waals surface area (Å²) in [5, 5.41) is 0. The van der Waals surface area contributed by atoms with Crippen LogP contribution < -0.4 is 4.90 Å². The molecule has 146 valence electrons. The first kappa shape index (κ1) is 18.4. The summed E-state index contributed by atoms with van der Waals surface area (Å²) in [5.74, 6) is 0.825. The van der Waals surface area contributed by atoms with Crippen molar-refractivity contribution in [2.75, 3.05) is 44.2 Å². The van der Waals surface area contributed by atoms with Crippen LogP contribution in [0.4, 0.5) is 5.82 Å². The molecule has 0 radical (unpaired) electrons. The summed E-state index contributed by atoms with van der Waals surface area (Å²) >= 11 is 0. The van der Waals surface area contributed by atoms with Gasteiger partial charge >= 0.3 is 0 Å². The molecule has 0 saturated carbocycles. The number of hydrogen-bond acceptors (Lipinski definition) is 5. The zero-order valence-electron chi connectivity index (χ0n) is 15.9. The lowest BCUT2D eigenvalue weighted by Crippen LogP contribution is -2.51. The number of amides is 2. The Balaban J connectivity index is 1.28. The maximum atomic E-state index is 12.9. The maximum absolute atomic E-state index is 12.9. The summed E-state index contributed by atoms with van der Waals surface area (Å²) in [6, 6.07) is 10.1. The van der Waals surface area contributed by atoms with Crippen LogP contribution in [0.3, 0.4) is 0 Å². The fourth-order valence-corrected chi connectivity index (χ4v) is 3.93. The van der Waals surface area contributed by atoms with Crippen LogP contribution in [0.25, 0.3) is 0 Å². The molecule has 2 saturated heterocycles. The van der Waals surface area contributed by atoms with Gasteiger partial charge in [-0.25, -0.2) is 4.98 Å². The van der Waals surface area contributed by atoms with Gasteiger partial charge < -0.3 is 14.7 Å². The topological polar surface area (TPSA) is 69.6 Å². The highest BCUT2D eigenvalue weighted by atomic mass is 16.2. The molecule has 0 bridgehead atoms. The molecule has 3 heterocycles. The number of carbonyl (C=O) groups excluding carboxylic acids is 2. The van der Waals surface area contributed by atoms with Gasteiger partial charge in [0.2, 0.25) is 11.8 Å². The van der Waals surface area contributed by atoms with Gasteiger partial charge in [0.15, 0.2) is 0 Å². The molecule has 2 aliphatic heterocycles. The van der Waals surface area contributed by atoms with Crippen molar-refractivity contribution in [1.82, 2.24) is 19.8 Å². The van der Waals surface area contributed by atoms with Gasteiger partial charge in [-0.1, -0.05) is 30.3 Å². The Kier molecular flexibility index (Phi) is 5.50. The van der Waals surface area contributed by atoms with E-state index in [0.717, 1.165) is 25.3 Å². The van der Waals surface area contributed by atoms with Gasteiger partial charge in [0.1, 0.15) is 5.82 Å². The lowest BCUT2D eigenvalue weighted by atomic mass is 10.1. The molecule has 2 fully saturated rings. The normalized spacial score (nSPS) is 19.9. The summed E-state index contributed by atoms with van der Waals surface area (Å²) in [5.41, 5.74) is 1.21. The molecule has 0 spiro atoms. The molecule has 2 aromatic rings. The summed E-state index contributed by atoms with van der Waals surface area (Å²) in [7, 11) is 0. The number of likely N-dealkylation sites (tertiary alicyclic amines) is 1. The van der Waals surface area contributed by atoms with Gasteiger partial charge in [-0.2, -0.15) is 0 Å². The molecule has 1 aromatic heterocycles. The third-order valence-electron chi connectivity index (χ3n) is 5.54. The van der Waals surface area contributed by atoms with Crippen molar-refractivity contribution < 1.29 is 9.59 Å². The van der Waals surface area contributed by atoms with Gasteiger partial charge in [-0.3, -0.25) is 14.6 Å². The Labute approximate surface area is 165 Å². The SMILES string of the molecule is O=C1C[C@@H](C(=O)N2CCN(c3cnccn3)CC2)CN1CCc1ccccc1. The Morgan fingerprint density at radius 1 is 1.07 bits per heavy atom. The molecule has 28 heavy (non-hydrogen) atoms. The van der Waals surface area contributed by atoms with Crippen molar-refractivity contribution in [2.24, 2.45) is 5.92 Å². The summed E-state index contributed by atoms with van der Waals surface area (Å²) < 4.78 is 0. The minimum atomic E-state index is -0.216. The number of rotatable bonds is 5. The molecule has 4 rings (SSSR count). The minimum Gasteiger partial charge on any atom is -0.352 e. The molecule has 0 N–H and O–H groups in total. The Bertz CT molecular complexity index is 806. The van der Waals surface area contributed by atoms with Crippen LogP contribution in [0.5, 0.6) is 0 Å². The molecule has 2 amide bonds. The molecular formula is C21H25N5O2. The van der Waals surface area contributed by atoms with Gasteiger partial charge in [0.25, 0.3) is 0 Å². The van der Waals surface area contributed by atoms with Crippen LogP contribution in [-0.2, 0) is 16.0 Å².